The fourth-order valence-corrected chi connectivity index (χ4v) is 1.53. The summed E-state index contributed by atoms with van der Waals surface area (Å²) in [7, 11) is 0. The van der Waals surface area contributed by atoms with Gasteiger partial charge in [-0.2, -0.15) is 10.1 Å². The van der Waals surface area contributed by atoms with Crippen molar-refractivity contribution >= 4 is 0 Å². The van der Waals surface area contributed by atoms with E-state index < -0.39 is 0 Å². The Morgan fingerprint density at radius 1 is 1.38 bits per heavy atom. The number of aryl methyl sites for hydroxylation is 2. The molecular formula is C11H16N4O. The van der Waals surface area contributed by atoms with Crippen molar-refractivity contribution in [3.8, 4) is 0 Å². The lowest BCUT2D eigenvalue weighted by Crippen LogP contribution is -2.04. The lowest BCUT2D eigenvalue weighted by Gasteiger charge is -1.98. The van der Waals surface area contributed by atoms with Gasteiger partial charge < -0.3 is 4.52 Å². The molecule has 0 spiro atoms. The number of nitrogens with zero attached hydrogens (tertiary/aromatic N) is 4. The molecule has 0 aliphatic rings. The number of aromatic nitrogens is 4. The molecule has 0 aromatic carbocycles. The first-order valence-electron chi connectivity index (χ1n) is 5.40. The molecule has 0 saturated carbocycles. The monoisotopic (exact) mass is 220 g/mol. The smallest absolute Gasteiger partial charge is 0.248 e. The maximum atomic E-state index is 5.17. The minimum atomic E-state index is 0.290. The Hall–Kier alpha value is -1.65. The SMILES string of the molecule is Cc1cc(C)n(Cc2nc(C(C)C)no2)n1. The zero-order valence-electron chi connectivity index (χ0n) is 10.1. The molecule has 0 saturated heterocycles. The van der Waals surface area contributed by atoms with Gasteiger partial charge in [0.1, 0.15) is 6.54 Å². The van der Waals surface area contributed by atoms with Crippen LogP contribution in [0.25, 0.3) is 0 Å². The average Bonchev–Trinajstić information content (AvgIpc) is 2.75. The highest BCUT2D eigenvalue weighted by Gasteiger charge is 2.11. The second-order valence-electron chi connectivity index (χ2n) is 4.29. The third kappa shape index (κ3) is 2.13. The van der Waals surface area contributed by atoms with Gasteiger partial charge >= 0.3 is 0 Å². The molecule has 0 atom stereocenters. The van der Waals surface area contributed by atoms with E-state index >= 15 is 0 Å². The standard InChI is InChI=1S/C11H16N4O/c1-7(2)11-12-10(16-14-11)6-15-9(4)5-8(3)13-15/h5,7H,6H2,1-4H3. The van der Waals surface area contributed by atoms with Gasteiger partial charge in [-0.15, -0.1) is 0 Å². The molecule has 0 unspecified atom stereocenters. The van der Waals surface area contributed by atoms with Gasteiger partial charge in [0.15, 0.2) is 5.82 Å². The molecule has 86 valence electrons. The van der Waals surface area contributed by atoms with E-state index in [0.717, 1.165) is 17.2 Å². The fraction of sp³-hybridized carbons (Fsp3) is 0.545. The van der Waals surface area contributed by atoms with Gasteiger partial charge in [0.2, 0.25) is 5.89 Å². The largest absolute Gasteiger partial charge is 0.337 e. The topological polar surface area (TPSA) is 56.7 Å². The predicted molar refractivity (Wildman–Crippen MR) is 59.2 cm³/mol. The number of rotatable bonds is 3. The van der Waals surface area contributed by atoms with Crippen LogP contribution in [0.5, 0.6) is 0 Å². The molecule has 0 amide bonds. The van der Waals surface area contributed by atoms with Gasteiger partial charge in [0, 0.05) is 11.6 Å². The van der Waals surface area contributed by atoms with Crippen LogP contribution in [0.4, 0.5) is 0 Å². The summed E-state index contributed by atoms with van der Waals surface area (Å²) in [6.45, 7) is 8.60. The van der Waals surface area contributed by atoms with Gasteiger partial charge in [0.25, 0.3) is 0 Å². The summed E-state index contributed by atoms with van der Waals surface area (Å²) in [6.07, 6.45) is 0. The van der Waals surface area contributed by atoms with Crippen molar-refractivity contribution in [1.29, 1.82) is 0 Å². The molecule has 2 aromatic rings. The van der Waals surface area contributed by atoms with E-state index in [4.69, 9.17) is 4.52 Å². The zero-order chi connectivity index (χ0) is 11.7. The van der Waals surface area contributed by atoms with Gasteiger partial charge in [-0.05, 0) is 19.9 Å². The van der Waals surface area contributed by atoms with E-state index in [1.807, 2.05) is 38.4 Å². The summed E-state index contributed by atoms with van der Waals surface area (Å²) < 4.78 is 7.04. The first kappa shape index (κ1) is 10.9. The Kier molecular flexibility index (Phi) is 2.77. The molecule has 5 nitrogen and oxygen atoms in total. The maximum absolute atomic E-state index is 5.17. The molecule has 0 aliphatic carbocycles. The average molecular weight is 220 g/mol. The van der Waals surface area contributed by atoms with Crippen molar-refractivity contribution in [2.45, 2.75) is 40.2 Å². The van der Waals surface area contributed by atoms with Crippen LogP contribution in [0.1, 0.15) is 42.9 Å². The molecule has 2 aromatic heterocycles. The first-order valence-corrected chi connectivity index (χ1v) is 5.40. The number of hydrogen-bond donors (Lipinski definition) is 0. The third-order valence-electron chi connectivity index (χ3n) is 2.39. The van der Waals surface area contributed by atoms with E-state index in [2.05, 4.69) is 15.2 Å². The van der Waals surface area contributed by atoms with Crippen LogP contribution in [0.15, 0.2) is 10.6 Å². The summed E-state index contributed by atoms with van der Waals surface area (Å²) in [5.74, 6) is 1.64. The van der Waals surface area contributed by atoms with E-state index in [0.29, 0.717) is 12.4 Å². The quantitative estimate of drug-likeness (QED) is 0.794. The highest BCUT2D eigenvalue weighted by Crippen LogP contribution is 2.11. The Labute approximate surface area is 94.5 Å². The van der Waals surface area contributed by atoms with Crippen molar-refractivity contribution in [3.05, 3.63) is 29.2 Å². The Morgan fingerprint density at radius 3 is 2.62 bits per heavy atom. The second-order valence-corrected chi connectivity index (χ2v) is 4.29. The number of hydrogen-bond acceptors (Lipinski definition) is 4. The lowest BCUT2D eigenvalue weighted by molar-refractivity contribution is 0.358. The van der Waals surface area contributed by atoms with E-state index in [-0.39, 0.29) is 5.92 Å². The van der Waals surface area contributed by atoms with E-state index in [9.17, 15) is 0 Å². The van der Waals surface area contributed by atoms with Gasteiger partial charge in [-0.1, -0.05) is 19.0 Å². The summed E-state index contributed by atoms with van der Waals surface area (Å²) in [4.78, 5) is 4.32. The molecule has 16 heavy (non-hydrogen) atoms. The zero-order valence-corrected chi connectivity index (χ0v) is 10.1. The lowest BCUT2D eigenvalue weighted by atomic mass is 10.2. The third-order valence-corrected chi connectivity index (χ3v) is 2.39. The molecule has 0 radical (unpaired) electrons. The summed E-state index contributed by atoms with van der Waals surface area (Å²) in [6, 6.07) is 2.03. The van der Waals surface area contributed by atoms with Crippen molar-refractivity contribution in [2.24, 2.45) is 0 Å². The minimum absolute atomic E-state index is 0.290. The van der Waals surface area contributed by atoms with Gasteiger partial charge in [-0.25, -0.2) is 0 Å². The predicted octanol–water partition coefficient (Wildman–Crippen LogP) is 2.05. The normalized spacial score (nSPS) is 11.3. The van der Waals surface area contributed by atoms with Crippen LogP contribution in [0.2, 0.25) is 0 Å². The molecule has 0 aliphatic heterocycles. The van der Waals surface area contributed by atoms with Crippen LogP contribution < -0.4 is 0 Å². The Balaban J connectivity index is 2.17. The highest BCUT2D eigenvalue weighted by molar-refractivity contribution is 5.07. The minimum Gasteiger partial charge on any atom is -0.337 e. The van der Waals surface area contributed by atoms with Crippen LogP contribution >= 0.6 is 0 Å². The highest BCUT2D eigenvalue weighted by atomic mass is 16.5. The van der Waals surface area contributed by atoms with Crippen molar-refractivity contribution < 1.29 is 4.52 Å². The van der Waals surface area contributed by atoms with Crippen LogP contribution in [0.3, 0.4) is 0 Å². The summed E-state index contributed by atoms with van der Waals surface area (Å²) in [5, 5.41) is 8.27. The fourth-order valence-electron chi connectivity index (χ4n) is 1.53. The maximum Gasteiger partial charge on any atom is 0.248 e. The summed E-state index contributed by atoms with van der Waals surface area (Å²) in [5.41, 5.74) is 2.10. The van der Waals surface area contributed by atoms with Gasteiger partial charge in [-0.3, -0.25) is 4.68 Å². The second kappa shape index (κ2) is 4.08. The van der Waals surface area contributed by atoms with Gasteiger partial charge in [0.05, 0.1) is 5.69 Å². The van der Waals surface area contributed by atoms with Crippen molar-refractivity contribution in [2.75, 3.05) is 0 Å². The summed E-state index contributed by atoms with van der Waals surface area (Å²) >= 11 is 0. The first-order chi connectivity index (χ1) is 7.56. The van der Waals surface area contributed by atoms with Crippen LogP contribution in [-0.4, -0.2) is 19.9 Å². The van der Waals surface area contributed by atoms with E-state index in [1.54, 1.807) is 0 Å². The Morgan fingerprint density at radius 2 is 2.12 bits per heavy atom. The van der Waals surface area contributed by atoms with Crippen molar-refractivity contribution in [3.63, 3.8) is 0 Å². The molecule has 2 heterocycles. The molecule has 0 bridgehead atoms. The van der Waals surface area contributed by atoms with Crippen LogP contribution in [0, 0.1) is 13.8 Å². The van der Waals surface area contributed by atoms with Crippen LogP contribution in [-0.2, 0) is 6.54 Å². The molecule has 0 N–H and O–H groups in total. The van der Waals surface area contributed by atoms with E-state index in [1.165, 1.54) is 0 Å². The molecule has 5 heteroatoms. The molecular weight excluding hydrogens is 204 g/mol. The Bertz CT molecular complexity index is 484. The molecule has 2 rings (SSSR count). The molecule has 0 fully saturated rings. The van der Waals surface area contributed by atoms with Crippen molar-refractivity contribution in [1.82, 2.24) is 19.9 Å².